The average molecular weight is 577 g/mol. The summed E-state index contributed by atoms with van der Waals surface area (Å²) >= 11 is 6.30. The fraction of sp³-hybridized carbons (Fsp3) is 0.269. The van der Waals surface area contributed by atoms with Crippen LogP contribution in [-0.4, -0.2) is 28.4 Å². The maximum atomic E-state index is 13.5. The van der Waals surface area contributed by atoms with Crippen molar-refractivity contribution < 1.29 is 45.1 Å². The van der Waals surface area contributed by atoms with Crippen molar-refractivity contribution in [2.75, 3.05) is 6.61 Å². The number of hydrogen-bond donors (Lipinski definition) is 0. The van der Waals surface area contributed by atoms with Gasteiger partial charge in [-0.2, -0.15) is 26.3 Å². The lowest BCUT2D eigenvalue weighted by molar-refractivity contribution is -0.151. The van der Waals surface area contributed by atoms with Gasteiger partial charge in [0.2, 0.25) is 0 Å². The summed E-state index contributed by atoms with van der Waals surface area (Å²) in [4.78, 5) is 29.3. The third kappa shape index (κ3) is 7.47. The van der Waals surface area contributed by atoms with Crippen LogP contribution in [0.1, 0.15) is 42.1 Å². The number of hydrogen-bond acceptors (Lipinski definition) is 4. The number of halogens is 8. The second kappa shape index (κ2) is 11.6. The number of esters is 1. The first-order valence-corrected chi connectivity index (χ1v) is 11.6. The Labute approximate surface area is 223 Å². The van der Waals surface area contributed by atoms with Crippen LogP contribution in [0.15, 0.2) is 54.7 Å². The van der Waals surface area contributed by atoms with Crippen LogP contribution in [0.2, 0.25) is 5.15 Å². The SMILES string of the molecule is CC(=O)OCC(=O)N(Cc1c(-c2ccc(F)cc2)ccnc1Cl)C(C)c1cc(C(F)(F)F)cc(C(F)(F)F)c1. The van der Waals surface area contributed by atoms with E-state index in [4.69, 9.17) is 16.3 Å². The maximum Gasteiger partial charge on any atom is 0.416 e. The normalized spacial score (nSPS) is 12.7. The molecule has 0 aliphatic heterocycles. The van der Waals surface area contributed by atoms with Gasteiger partial charge in [-0.15, -0.1) is 0 Å². The Morgan fingerprint density at radius 3 is 2.05 bits per heavy atom. The minimum atomic E-state index is -5.11. The Bertz CT molecular complexity index is 1330. The lowest BCUT2D eigenvalue weighted by Gasteiger charge is -2.31. The Balaban J connectivity index is 2.14. The monoisotopic (exact) mass is 576 g/mol. The highest BCUT2D eigenvalue weighted by Crippen LogP contribution is 2.39. The van der Waals surface area contributed by atoms with Crippen molar-refractivity contribution in [1.82, 2.24) is 9.88 Å². The Morgan fingerprint density at radius 1 is 0.974 bits per heavy atom. The van der Waals surface area contributed by atoms with Gasteiger partial charge in [-0.25, -0.2) is 9.37 Å². The molecule has 0 saturated heterocycles. The van der Waals surface area contributed by atoms with E-state index in [9.17, 15) is 40.3 Å². The number of aromatic nitrogens is 1. The van der Waals surface area contributed by atoms with E-state index >= 15 is 0 Å². The quantitative estimate of drug-likeness (QED) is 0.169. The zero-order valence-corrected chi connectivity index (χ0v) is 21.1. The molecule has 0 radical (unpaired) electrons. The zero-order chi connectivity index (χ0) is 29.1. The molecule has 0 spiro atoms. The highest BCUT2D eigenvalue weighted by atomic mass is 35.5. The first kappa shape index (κ1) is 29.9. The van der Waals surface area contributed by atoms with E-state index in [1.807, 2.05) is 0 Å². The number of carbonyl (C=O) groups excluding carboxylic acids is 2. The van der Waals surface area contributed by atoms with E-state index in [0.717, 1.165) is 11.8 Å². The molecule has 3 rings (SSSR count). The van der Waals surface area contributed by atoms with Crippen LogP contribution in [0.25, 0.3) is 11.1 Å². The van der Waals surface area contributed by atoms with Crippen LogP contribution < -0.4 is 0 Å². The number of amides is 1. The summed E-state index contributed by atoms with van der Waals surface area (Å²) in [7, 11) is 0. The van der Waals surface area contributed by atoms with Crippen LogP contribution >= 0.6 is 11.6 Å². The number of nitrogens with zero attached hydrogens (tertiary/aromatic N) is 2. The molecular weight excluding hydrogens is 557 g/mol. The Kier molecular flexibility index (Phi) is 8.89. The molecule has 3 aromatic rings. The van der Waals surface area contributed by atoms with Gasteiger partial charge in [0.15, 0.2) is 6.61 Å². The van der Waals surface area contributed by atoms with Gasteiger partial charge in [0.05, 0.1) is 23.7 Å². The van der Waals surface area contributed by atoms with Gasteiger partial charge in [0.25, 0.3) is 5.91 Å². The van der Waals surface area contributed by atoms with Gasteiger partial charge < -0.3 is 9.64 Å². The van der Waals surface area contributed by atoms with Crippen LogP contribution in [0.4, 0.5) is 30.7 Å². The Morgan fingerprint density at radius 2 is 1.54 bits per heavy atom. The van der Waals surface area contributed by atoms with E-state index in [1.165, 1.54) is 43.5 Å². The van der Waals surface area contributed by atoms with E-state index in [1.54, 1.807) is 0 Å². The molecule has 1 amide bonds. The van der Waals surface area contributed by atoms with Crippen molar-refractivity contribution in [2.45, 2.75) is 38.8 Å². The van der Waals surface area contributed by atoms with Gasteiger partial charge in [0.1, 0.15) is 11.0 Å². The number of alkyl halides is 6. The van der Waals surface area contributed by atoms with Crippen LogP contribution in [0.5, 0.6) is 0 Å². The largest absolute Gasteiger partial charge is 0.456 e. The lowest BCUT2D eigenvalue weighted by Crippen LogP contribution is -2.36. The first-order valence-electron chi connectivity index (χ1n) is 11.2. The first-order chi connectivity index (χ1) is 18.1. The predicted molar refractivity (Wildman–Crippen MR) is 127 cm³/mol. The van der Waals surface area contributed by atoms with E-state index in [0.29, 0.717) is 23.3 Å². The van der Waals surface area contributed by atoms with Crippen molar-refractivity contribution >= 4 is 23.5 Å². The van der Waals surface area contributed by atoms with Gasteiger partial charge in [-0.1, -0.05) is 23.7 Å². The smallest absolute Gasteiger partial charge is 0.416 e. The molecule has 0 aliphatic rings. The second-order valence-electron chi connectivity index (χ2n) is 8.45. The Hall–Kier alpha value is -3.67. The van der Waals surface area contributed by atoms with Crippen molar-refractivity contribution in [3.05, 3.63) is 88.0 Å². The highest BCUT2D eigenvalue weighted by molar-refractivity contribution is 6.30. The standard InChI is InChI=1S/C26H20ClF7N2O3/c1-14(17-9-18(25(29,30)31)11-19(10-17)26(32,33)34)36(23(38)13-39-15(2)37)12-22-21(7-8-35-24(22)27)16-3-5-20(28)6-4-16/h3-11,14H,12-13H2,1-2H3. The fourth-order valence-corrected chi connectivity index (χ4v) is 3.99. The van der Waals surface area contributed by atoms with Crippen LogP contribution in [0, 0.1) is 5.82 Å². The minimum absolute atomic E-state index is 0.0220. The molecule has 1 unspecified atom stereocenters. The zero-order valence-electron chi connectivity index (χ0n) is 20.3. The molecule has 1 aromatic heterocycles. The maximum absolute atomic E-state index is 13.5. The molecule has 0 aliphatic carbocycles. The summed E-state index contributed by atoms with van der Waals surface area (Å²) < 4.78 is 99.1. The molecule has 1 atom stereocenters. The molecule has 2 aromatic carbocycles. The van der Waals surface area contributed by atoms with E-state index < -0.39 is 65.9 Å². The fourth-order valence-electron chi connectivity index (χ4n) is 3.78. The molecule has 1 heterocycles. The van der Waals surface area contributed by atoms with Gasteiger partial charge in [-0.3, -0.25) is 9.59 Å². The number of benzene rings is 2. The van der Waals surface area contributed by atoms with Crippen LogP contribution in [0.3, 0.4) is 0 Å². The molecule has 0 N–H and O–H groups in total. The van der Waals surface area contributed by atoms with Crippen LogP contribution in [-0.2, 0) is 33.2 Å². The van der Waals surface area contributed by atoms with Gasteiger partial charge >= 0.3 is 18.3 Å². The van der Waals surface area contributed by atoms with E-state index in [-0.39, 0.29) is 16.8 Å². The highest BCUT2D eigenvalue weighted by Gasteiger charge is 2.38. The molecule has 39 heavy (non-hydrogen) atoms. The third-order valence-electron chi connectivity index (χ3n) is 5.77. The summed E-state index contributed by atoms with van der Waals surface area (Å²) in [5.74, 6) is -2.29. The second-order valence-corrected chi connectivity index (χ2v) is 8.81. The molecular formula is C26H20ClF7N2O3. The molecule has 0 bridgehead atoms. The van der Waals surface area contributed by atoms with Crippen molar-refractivity contribution in [3.63, 3.8) is 0 Å². The van der Waals surface area contributed by atoms with Crippen molar-refractivity contribution in [1.29, 1.82) is 0 Å². The number of carbonyl (C=O) groups is 2. The number of rotatable bonds is 7. The molecule has 0 fully saturated rings. The number of ether oxygens (including phenoxy) is 1. The molecule has 5 nitrogen and oxygen atoms in total. The lowest BCUT2D eigenvalue weighted by atomic mass is 9.97. The predicted octanol–water partition coefficient (Wildman–Crippen LogP) is 7.23. The average Bonchev–Trinajstić information content (AvgIpc) is 2.85. The van der Waals surface area contributed by atoms with Crippen molar-refractivity contribution in [2.24, 2.45) is 0 Å². The summed E-state index contributed by atoms with van der Waals surface area (Å²) in [6, 6.07) is 6.29. The molecule has 208 valence electrons. The molecule has 13 heteroatoms. The molecule has 0 saturated carbocycles. The summed E-state index contributed by atoms with van der Waals surface area (Å²) in [5, 5.41) is -0.116. The number of pyridine rings is 1. The third-order valence-corrected chi connectivity index (χ3v) is 6.09. The van der Waals surface area contributed by atoms with Crippen molar-refractivity contribution in [3.8, 4) is 11.1 Å². The summed E-state index contributed by atoms with van der Waals surface area (Å²) in [6.07, 6.45) is -8.88. The minimum Gasteiger partial charge on any atom is -0.456 e. The van der Waals surface area contributed by atoms with Gasteiger partial charge in [-0.05, 0) is 60.0 Å². The summed E-state index contributed by atoms with van der Waals surface area (Å²) in [5.41, 5.74) is -2.58. The summed E-state index contributed by atoms with van der Waals surface area (Å²) in [6.45, 7) is 0.962. The van der Waals surface area contributed by atoms with Gasteiger partial charge in [0, 0.05) is 18.7 Å². The van der Waals surface area contributed by atoms with E-state index in [2.05, 4.69) is 4.98 Å². The topological polar surface area (TPSA) is 59.5 Å².